The Kier molecular flexibility index (Phi) is 6.34. The van der Waals surface area contributed by atoms with Crippen LogP contribution >= 0.6 is 0 Å². The van der Waals surface area contributed by atoms with Crippen molar-refractivity contribution >= 4 is 11.5 Å². The minimum absolute atomic E-state index is 0.0795. The molecular formula is C19H27N3O4. The van der Waals surface area contributed by atoms with Gasteiger partial charge in [-0.05, 0) is 37.4 Å². The molecule has 2 aliphatic heterocycles. The van der Waals surface area contributed by atoms with Gasteiger partial charge in [0.25, 0.3) is 5.69 Å². The first-order valence-electron chi connectivity index (χ1n) is 9.32. The third kappa shape index (κ3) is 4.87. The first-order chi connectivity index (χ1) is 12.5. The highest BCUT2D eigenvalue weighted by molar-refractivity contribution is 6.00. The van der Waals surface area contributed by atoms with Gasteiger partial charge in [-0.25, -0.2) is 0 Å². The molecule has 7 heteroatoms. The van der Waals surface area contributed by atoms with Crippen LogP contribution in [0.15, 0.2) is 18.2 Å². The summed E-state index contributed by atoms with van der Waals surface area (Å²) in [5.41, 5.74) is 1.15. The molecule has 1 aromatic rings. The number of carbonyl (C=O) groups is 1. The number of nitrogens with zero attached hydrogens (tertiary/aromatic N) is 3. The van der Waals surface area contributed by atoms with Gasteiger partial charge >= 0.3 is 0 Å². The van der Waals surface area contributed by atoms with Gasteiger partial charge in [-0.2, -0.15) is 0 Å². The fourth-order valence-corrected chi connectivity index (χ4v) is 3.65. The SMILES string of the molecule is CN1CCN(Cc2ccc([N+](=O)[O-])c(C(=O)CC3CCOCC3)c2)CC1. The summed E-state index contributed by atoms with van der Waals surface area (Å²) in [7, 11) is 2.11. The molecule has 2 aliphatic rings. The van der Waals surface area contributed by atoms with Crippen LogP contribution in [0, 0.1) is 16.0 Å². The fraction of sp³-hybridized carbons (Fsp3) is 0.632. The minimum atomic E-state index is -0.448. The molecule has 2 saturated heterocycles. The van der Waals surface area contributed by atoms with Crippen LogP contribution in [0.4, 0.5) is 5.69 Å². The van der Waals surface area contributed by atoms with E-state index < -0.39 is 4.92 Å². The lowest BCUT2D eigenvalue weighted by Crippen LogP contribution is -2.43. The summed E-state index contributed by atoms with van der Waals surface area (Å²) >= 11 is 0. The number of nitro groups is 1. The standard InChI is InChI=1S/C19H27N3O4/c1-20-6-8-21(9-7-20)14-16-2-3-18(22(24)25)17(12-16)19(23)13-15-4-10-26-11-5-15/h2-3,12,15H,4-11,13-14H2,1H3. The molecule has 0 saturated carbocycles. The summed E-state index contributed by atoms with van der Waals surface area (Å²) in [6, 6.07) is 5.00. The largest absolute Gasteiger partial charge is 0.381 e. The second kappa shape index (κ2) is 8.70. The van der Waals surface area contributed by atoms with E-state index in [9.17, 15) is 14.9 Å². The Morgan fingerprint density at radius 2 is 1.92 bits per heavy atom. The summed E-state index contributed by atoms with van der Waals surface area (Å²) in [4.78, 5) is 28.3. The molecule has 0 aliphatic carbocycles. The molecule has 1 aromatic carbocycles. The van der Waals surface area contributed by atoms with Gasteiger partial charge in [0.05, 0.1) is 10.5 Å². The number of ether oxygens (including phenoxy) is 1. The predicted octanol–water partition coefficient (Wildman–Crippen LogP) is 2.34. The molecule has 0 atom stereocenters. The van der Waals surface area contributed by atoms with E-state index in [2.05, 4.69) is 16.8 Å². The van der Waals surface area contributed by atoms with Gasteiger partial charge in [0, 0.05) is 58.4 Å². The highest BCUT2D eigenvalue weighted by Crippen LogP contribution is 2.26. The number of nitro benzene ring substituents is 1. The number of hydrogen-bond acceptors (Lipinski definition) is 6. The number of likely N-dealkylation sites (N-methyl/N-ethyl adjacent to an activating group) is 1. The quantitative estimate of drug-likeness (QED) is 0.440. The van der Waals surface area contributed by atoms with Crippen LogP contribution in [0.2, 0.25) is 0 Å². The Bertz CT molecular complexity index is 650. The van der Waals surface area contributed by atoms with E-state index in [1.165, 1.54) is 6.07 Å². The zero-order valence-electron chi connectivity index (χ0n) is 15.4. The number of benzene rings is 1. The molecular weight excluding hydrogens is 334 g/mol. The third-order valence-electron chi connectivity index (χ3n) is 5.38. The van der Waals surface area contributed by atoms with Crippen LogP contribution in [0.5, 0.6) is 0 Å². The average Bonchev–Trinajstić information content (AvgIpc) is 2.64. The maximum absolute atomic E-state index is 12.8. The van der Waals surface area contributed by atoms with Crippen LogP contribution in [-0.4, -0.2) is 66.9 Å². The van der Waals surface area contributed by atoms with E-state index in [-0.39, 0.29) is 23.0 Å². The van der Waals surface area contributed by atoms with Gasteiger partial charge in [0.15, 0.2) is 5.78 Å². The molecule has 2 fully saturated rings. The number of rotatable bonds is 6. The van der Waals surface area contributed by atoms with Gasteiger partial charge in [0.1, 0.15) is 0 Å². The fourth-order valence-electron chi connectivity index (χ4n) is 3.65. The molecule has 0 bridgehead atoms. The third-order valence-corrected chi connectivity index (χ3v) is 5.38. The number of ketones is 1. The monoisotopic (exact) mass is 361 g/mol. The minimum Gasteiger partial charge on any atom is -0.381 e. The van der Waals surface area contributed by atoms with Gasteiger partial charge in [-0.1, -0.05) is 6.07 Å². The molecule has 0 amide bonds. The molecule has 7 nitrogen and oxygen atoms in total. The number of hydrogen-bond donors (Lipinski definition) is 0. The smallest absolute Gasteiger partial charge is 0.280 e. The molecule has 0 aromatic heterocycles. The van der Waals surface area contributed by atoms with E-state index in [1.54, 1.807) is 12.1 Å². The van der Waals surface area contributed by atoms with Crippen molar-refractivity contribution in [2.75, 3.05) is 46.4 Å². The predicted molar refractivity (Wildman–Crippen MR) is 98.4 cm³/mol. The van der Waals surface area contributed by atoms with Crippen LogP contribution in [0.25, 0.3) is 0 Å². The van der Waals surface area contributed by atoms with E-state index in [4.69, 9.17) is 4.74 Å². The van der Waals surface area contributed by atoms with Gasteiger partial charge in [-0.15, -0.1) is 0 Å². The van der Waals surface area contributed by atoms with Crippen LogP contribution in [-0.2, 0) is 11.3 Å². The molecule has 2 heterocycles. The first kappa shape index (κ1) is 18.9. The number of piperazine rings is 1. The van der Waals surface area contributed by atoms with E-state index in [0.717, 1.165) is 51.1 Å². The normalized spacial score (nSPS) is 20.2. The van der Waals surface area contributed by atoms with Gasteiger partial charge in [0.2, 0.25) is 0 Å². The summed E-state index contributed by atoms with van der Waals surface area (Å²) < 4.78 is 5.33. The molecule has 0 radical (unpaired) electrons. The molecule has 0 spiro atoms. The molecule has 26 heavy (non-hydrogen) atoms. The highest BCUT2D eigenvalue weighted by atomic mass is 16.6. The second-order valence-electron chi connectivity index (χ2n) is 7.37. The van der Waals surface area contributed by atoms with Crippen molar-refractivity contribution in [3.63, 3.8) is 0 Å². The second-order valence-corrected chi connectivity index (χ2v) is 7.37. The van der Waals surface area contributed by atoms with Gasteiger partial charge in [-0.3, -0.25) is 19.8 Å². The lowest BCUT2D eigenvalue weighted by Gasteiger charge is -2.32. The lowest BCUT2D eigenvalue weighted by atomic mass is 9.91. The number of Topliss-reactive ketones (excluding diaryl/α,β-unsaturated/α-hetero) is 1. The van der Waals surface area contributed by atoms with Crippen molar-refractivity contribution in [3.05, 3.63) is 39.4 Å². The number of carbonyl (C=O) groups excluding carboxylic acids is 1. The summed E-state index contributed by atoms with van der Waals surface area (Å²) in [6.07, 6.45) is 2.06. The van der Waals surface area contributed by atoms with E-state index in [0.29, 0.717) is 19.6 Å². The zero-order valence-corrected chi connectivity index (χ0v) is 15.4. The molecule has 142 valence electrons. The van der Waals surface area contributed by atoms with Crippen LogP contribution < -0.4 is 0 Å². The maximum atomic E-state index is 12.8. The molecule has 3 rings (SSSR count). The summed E-state index contributed by atoms with van der Waals surface area (Å²) in [5.74, 6) is 0.140. The highest BCUT2D eigenvalue weighted by Gasteiger charge is 2.25. The van der Waals surface area contributed by atoms with E-state index >= 15 is 0 Å². The topological polar surface area (TPSA) is 75.9 Å². The van der Waals surface area contributed by atoms with Crippen molar-refractivity contribution in [3.8, 4) is 0 Å². The first-order valence-corrected chi connectivity index (χ1v) is 9.32. The van der Waals surface area contributed by atoms with Crippen molar-refractivity contribution in [2.24, 2.45) is 5.92 Å². The Balaban J connectivity index is 1.73. The Hall–Kier alpha value is -1.83. The Morgan fingerprint density at radius 3 is 2.58 bits per heavy atom. The van der Waals surface area contributed by atoms with Crippen molar-refractivity contribution in [1.82, 2.24) is 9.80 Å². The van der Waals surface area contributed by atoms with E-state index in [1.807, 2.05) is 0 Å². The van der Waals surface area contributed by atoms with Crippen LogP contribution in [0.3, 0.4) is 0 Å². The van der Waals surface area contributed by atoms with Crippen molar-refractivity contribution in [1.29, 1.82) is 0 Å². The van der Waals surface area contributed by atoms with Crippen LogP contribution in [0.1, 0.15) is 35.2 Å². The van der Waals surface area contributed by atoms with Gasteiger partial charge < -0.3 is 9.64 Å². The molecule has 0 N–H and O–H groups in total. The summed E-state index contributed by atoms with van der Waals surface area (Å²) in [6.45, 7) is 6.04. The zero-order chi connectivity index (χ0) is 18.5. The summed E-state index contributed by atoms with van der Waals surface area (Å²) in [5, 5.41) is 11.4. The van der Waals surface area contributed by atoms with Crippen molar-refractivity contribution < 1.29 is 14.5 Å². The molecule has 0 unspecified atom stereocenters. The average molecular weight is 361 g/mol. The van der Waals surface area contributed by atoms with Crippen molar-refractivity contribution in [2.45, 2.75) is 25.8 Å². The lowest BCUT2D eigenvalue weighted by molar-refractivity contribution is -0.385. The Morgan fingerprint density at radius 1 is 1.23 bits per heavy atom. The maximum Gasteiger partial charge on any atom is 0.280 e. The Labute approximate surface area is 154 Å².